The summed E-state index contributed by atoms with van der Waals surface area (Å²) in [5.74, 6) is -19.3. The smallest absolute Gasteiger partial charge is 0.338 e. The Morgan fingerprint density at radius 1 is 0.561 bits per heavy atom. The van der Waals surface area contributed by atoms with E-state index in [0.29, 0.717) is 30.3 Å². The van der Waals surface area contributed by atoms with Crippen LogP contribution >= 0.6 is 0 Å². The summed E-state index contributed by atoms with van der Waals surface area (Å²) in [5.41, 5.74) is -8.98. The number of hydrogen-bond acceptors (Lipinski definition) is 22. The quantitative estimate of drug-likeness (QED) is 0.0745. The van der Waals surface area contributed by atoms with Gasteiger partial charge in [0, 0.05) is 65.0 Å². The predicted molar refractivity (Wildman–Crippen MR) is 211 cm³/mol. The minimum Gasteiger partial charge on any atom is -0.508 e. The zero-order valence-corrected chi connectivity index (χ0v) is 32.9. The van der Waals surface area contributed by atoms with Crippen LogP contribution in [0.25, 0.3) is 0 Å². The molecule has 2 heterocycles. The topological polar surface area (TPSA) is 385 Å². The highest BCUT2D eigenvalue weighted by Crippen LogP contribution is 2.55. The molecule has 0 spiro atoms. The van der Waals surface area contributed by atoms with Gasteiger partial charge in [0.2, 0.25) is 17.2 Å². The minimum absolute atomic E-state index is 0.103. The lowest BCUT2D eigenvalue weighted by atomic mass is 9.78. The second kappa shape index (κ2) is 14.5. The van der Waals surface area contributed by atoms with Crippen LogP contribution in [0.3, 0.4) is 0 Å². The van der Waals surface area contributed by atoms with Crippen molar-refractivity contribution in [3.05, 3.63) is 116 Å². The molecule has 338 valence electrons. The van der Waals surface area contributed by atoms with Gasteiger partial charge in [0.25, 0.3) is 5.78 Å². The van der Waals surface area contributed by atoms with Crippen molar-refractivity contribution in [2.24, 2.45) is 0 Å². The molecule has 0 saturated carbocycles. The van der Waals surface area contributed by atoms with Crippen LogP contribution in [0.1, 0.15) is 31.8 Å². The van der Waals surface area contributed by atoms with Crippen molar-refractivity contribution in [1.82, 2.24) is 0 Å². The van der Waals surface area contributed by atoms with Gasteiger partial charge in [-0.2, -0.15) is 0 Å². The number of aromatic hydroxyl groups is 10. The lowest BCUT2D eigenvalue weighted by Crippen LogP contribution is -2.51. The fourth-order valence-corrected chi connectivity index (χ4v) is 8.54. The average Bonchev–Trinajstić information content (AvgIpc) is 3.42. The number of esters is 2. The number of rotatable bonds is 6. The standard InChI is InChI=1S/C44H30O22/c45-14-5-19(47)16-9-27(65-42(60)12-1-21(49)34(54)22(50)2-12)39(63-25(16)7-14)18-11-29(53)44(62)33-31(30(18)41(44)59)32(36(56)38(58)37(33)57)40-28(10-17-20(48)6-15(46)8-26(17)64-40)66-43(61)13-3-23(51)35(55)24(52)4-13/h1-8,11,27-28,39-40,45-52,54-57,62H,9-10H2/t27-,28-,39-,40+,44?/m1/s1. The van der Waals surface area contributed by atoms with E-state index in [4.69, 9.17) is 18.9 Å². The van der Waals surface area contributed by atoms with E-state index in [0.717, 1.165) is 24.3 Å². The van der Waals surface area contributed by atoms with Crippen molar-refractivity contribution >= 4 is 29.3 Å². The average molecular weight is 911 g/mol. The second-order valence-corrected chi connectivity index (χ2v) is 15.6. The number of ketones is 3. The molecular weight excluding hydrogens is 880 g/mol. The molecule has 9 rings (SSSR count). The molecule has 3 aliphatic carbocycles. The maximum atomic E-state index is 14.6. The van der Waals surface area contributed by atoms with E-state index < -0.39 is 180 Å². The van der Waals surface area contributed by atoms with Gasteiger partial charge in [-0.05, 0) is 30.3 Å². The number of aliphatic hydroxyl groups excluding tert-OH is 2. The minimum atomic E-state index is -3.42. The molecule has 4 aromatic carbocycles. The first-order valence-corrected chi connectivity index (χ1v) is 19.2. The van der Waals surface area contributed by atoms with Crippen LogP contribution in [0.5, 0.6) is 69.0 Å². The van der Waals surface area contributed by atoms with Crippen LogP contribution in [0.4, 0.5) is 0 Å². The molecule has 22 nitrogen and oxygen atoms in total. The number of benzene rings is 4. The first-order chi connectivity index (χ1) is 31.1. The van der Waals surface area contributed by atoms with Crippen LogP contribution in [0, 0.1) is 0 Å². The summed E-state index contributed by atoms with van der Waals surface area (Å²) in [5, 5.41) is 138. The zero-order chi connectivity index (χ0) is 47.6. The van der Waals surface area contributed by atoms with Crippen molar-refractivity contribution in [3.8, 4) is 69.0 Å². The molecule has 0 amide bonds. The van der Waals surface area contributed by atoms with E-state index in [1.807, 2.05) is 0 Å². The highest BCUT2D eigenvalue weighted by Gasteiger charge is 2.64. The van der Waals surface area contributed by atoms with Crippen molar-refractivity contribution < 1.29 is 109 Å². The maximum Gasteiger partial charge on any atom is 0.338 e. The van der Waals surface area contributed by atoms with Gasteiger partial charge in [-0.1, -0.05) is 0 Å². The number of Topliss-reactive ketones (excluding diaryl/α,β-unsaturated/α-hetero) is 2. The monoisotopic (exact) mass is 910 g/mol. The molecule has 2 aliphatic heterocycles. The Kier molecular flexibility index (Phi) is 9.28. The zero-order valence-electron chi connectivity index (χ0n) is 32.9. The van der Waals surface area contributed by atoms with Gasteiger partial charge in [0.15, 0.2) is 58.2 Å². The molecular formula is C44H30O22. The molecule has 13 N–H and O–H groups in total. The largest absolute Gasteiger partial charge is 0.508 e. The maximum absolute atomic E-state index is 14.6. The summed E-state index contributed by atoms with van der Waals surface area (Å²) in [6, 6.07) is 6.58. The summed E-state index contributed by atoms with van der Waals surface area (Å²) < 4.78 is 23.6. The van der Waals surface area contributed by atoms with Crippen LogP contribution in [-0.2, 0) is 36.7 Å². The second-order valence-electron chi connectivity index (χ2n) is 15.6. The number of hydrogen-bond donors (Lipinski definition) is 13. The number of fused-ring (bicyclic) bond motifs is 6. The van der Waals surface area contributed by atoms with Crippen molar-refractivity contribution in [2.75, 3.05) is 0 Å². The van der Waals surface area contributed by atoms with Crippen molar-refractivity contribution in [1.29, 1.82) is 0 Å². The Morgan fingerprint density at radius 3 is 1.47 bits per heavy atom. The molecule has 2 bridgehead atoms. The van der Waals surface area contributed by atoms with Crippen LogP contribution in [-0.4, -0.2) is 126 Å². The van der Waals surface area contributed by atoms with E-state index in [-0.39, 0.29) is 22.6 Å². The normalized spacial score (nSPS) is 23.0. The molecule has 5 atom stereocenters. The first kappa shape index (κ1) is 42.3. The third-order valence-corrected chi connectivity index (χ3v) is 11.6. The Hall–Kier alpha value is -9.05. The van der Waals surface area contributed by atoms with Crippen molar-refractivity contribution in [3.63, 3.8) is 0 Å². The fourth-order valence-electron chi connectivity index (χ4n) is 8.54. The Morgan fingerprint density at radius 2 is 1.00 bits per heavy atom. The Bertz CT molecular complexity index is 3050. The van der Waals surface area contributed by atoms with Gasteiger partial charge in [0.05, 0.1) is 22.3 Å². The molecule has 5 aliphatic rings. The highest BCUT2D eigenvalue weighted by molar-refractivity contribution is 6.34. The summed E-state index contributed by atoms with van der Waals surface area (Å²) >= 11 is 0. The fraction of sp³-hybridized carbons (Fsp3) is 0.159. The molecule has 0 aromatic heterocycles. The first-order valence-electron chi connectivity index (χ1n) is 19.2. The van der Waals surface area contributed by atoms with E-state index in [2.05, 4.69) is 0 Å². The van der Waals surface area contributed by atoms with Gasteiger partial charge in [-0.3, -0.25) is 14.4 Å². The van der Waals surface area contributed by atoms with Gasteiger partial charge < -0.3 is 85.3 Å². The van der Waals surface area contributed by atoms with Gasteiger partial charge in [0.1, 0.15) is 46.7 Å². The SMILES string of the molecule is O=C1C(O)=C([C@H]2Oc3cc(O)cc(O)c3C[C@H]2OC(=O)c2cc(O)c(O)c(O)c2)C2=C3C(=O)C(O)(C(=O)C=C3[C@H]3Oc4cc(O)cc(O)c4C[C@H]3OC(=O)c3cc(O)c(O)c(O)c3)C2=C1O. The third kappa shape index (κ3) is 6.17. The summed E-state index contributed by atoms with van der Waals surface area (Å²) in [4.78, 5) is 69.9. The molecule has 0 saturated heterocycles. The number of phenols is 10. The third-order valence-electron chi connectivity index (χ3n) is 11.6. The highest BCUT2D eigenvalue weighted by atomic mass is 16.6. The van der Waals surface area contributed by atoms with E-state index in [9.17, 15) is 90.4 Å². The number of aliphatic hydroxyl groups is 3. The molecule has 66 heavy (non-hydrogen) atoms. The molecule has 0 fully saturated rings. The van der Waals surface area contributed by atoms with Gasteiger partial charge >= 0.3 is 11.9 Å². The van der Waals surface area contributed by atoms with E-state index >= 15 is 0 Å². The number of carbonyl (C=O) groups excluding carboxylic acids is 5. The van der Waals surface area contributed by atoms with Gasteiger partial charge in [-0.15, -0.1) is 0 Å². The van der Waals surface area contributed by atoms with Gasteiger partial charge in [-0.25, -0.2) is 9.59 Å². The van der Waals surface area contributed by atoms with Crippen LogP contribution < -0.4 is 9.47 Å². The molecule has 0 radical (unpaired) electrons. The van der Waals surface area contributed by atoms with E-state index in [1.54, 1.807) is 0 Å². The number of ether oxygens (including phenoxy) is 4. The summed E-state index contributed by atoms with van der Waals surface area (Å²) in [7, 11) is 0. The molecule has 22 heteroatoms. The van der Waals surface area contributed by atoms with Crippen LogP contribution in [0.2, 0.25) is 0 Å². The molecule has 4 aromatic rings. The number of carbonyl (C=O) groups is 5. The van der Waals surface area contributed by atoms with E-state index in [1.165, 1.54) is 0 Å². The predicted octanol–water partition coefficient (Wildman–Crippen LogP) is 1.83. The molecule has 1 unspecified atom stereocenters. The summed E-state index contributed by atoms with van der Waals surface area (Å²) in [6.07, 6.45) is -8.12. The Labute approximate surface area is 366 Å². The summed E-state index contributed by atoms with van der Waals surface area (Å²) in [6.45, 7) is 0. The number of phenolic OH excluding ortho intramolecular Hbond substituents is 10. The van der Waals surface area contributed by atoms with Crippen molar-refractivity contribution in [2.45, 2.75) is 42.9 Å². The van der Waals surface area contributed by atoms with Crippen LogP contribution in [0.15, 0.2) is 94.0 Å². The lowest BCUT2D eigenvalue weighted by molar-refractivity contribution is -0.141. The Balaban J connectivity index is 1.23. The lowest BCUT2D eigenvalue weighted by Gasteiger charge is -2.37.